The summed E-state index contributed by atoms with van der Waals surface area (Å²) in [4.78, 5) is 0. The average Bonchev–Trinajstić information content (AvgIpc) is 1.98. The minimum Gasteiger partial charge on any atom is -0.388 e. The Morgan fingerprint density at radius 3 is 2.21 bits per heavy atom. The van der Waals surface area contributed by atoms with Gasteiger partial charge in [0.15, 0.2) is 0 Å². The fourth-order valence-corrected chi connectivity index (χ4v) is 1.10. The predicted octanol–water partition coefficient (Wildman–Crippen LogP) is 1.55. The Labute approximate surface area is 87.8 Å². The number of rotatable bonds is 6. The van der Waals surface area contributed by atoms with Crippen LogP contribution in [-0.2, 0) is 4.74 Å². The molecule has 0 aromatic carbocycles. The first-order valence-corrected chi connectivity index (χ1v) is 5.32. The monoisotopic (exact) mass is 203 g/mol. The van der Waals surface area contributed by atoms with Crippen molar-refractivity contribution in [1.82, 2.24) is 5.32 Å². The van der Waals surface area contributed by atoms with Crippen LogP contribution in [-0.4, -0.2) is 36.0 Å². The van der Waals surface area contributed by atoms with Gasteiger partial charge in [-0.15, -0.1) is 0 Å². The zero-order valence-electron chi connectivity index (χ0n) is 10.2. The number of ether oxygens (including phenoxy) is 1. The maximum atomic E-state index is 9.88. The molecule has 0 bridgehead atoms. The van der Waals surface area contributed by atoms with E-state index < -0.39 is 5.60 Å². The van der Waals surface area contributed by atoms with Crippen LogP contribution in [0.3, 0.4) is 0 Å². The van der Waals surface area contributed by atoms with Gasteiger partial charge in [-0.2, -0.15) is 0 Å². The molecule has 0 fully saturated rings. The molecule has 2 N–H and O–H groups in total. The third kappa shape index (κ3) is 8.48. The summed E-state index contributed by atoms with van der Waals surface area (Å²) in [6.45, 7) is 12.0. The SMILES string of the molecule is CCOCC(C)(O)CCNC(C)(C)C. The zero-order chi connectivity index (χ0) is 11.2. The first kappa shape index (κ1) is 13.9. The van der Waals surface area contributed by atoms with Crippen LogP contribution in [0.1, 0.15) is 41.0 Å². The Hall–Kier alpha value is -0.120. The molecular weight excluding hydrogens is 178 g/mol. The number of hydrogen-bond donors (Lipinski definition) is 2. The molecule has 0 saturated heterocycles. The molecule has 14 heavy (non-hydrogen) atoms. The Balaban J connectivity index is 3.65. The number of nitrogens with one attached hydrogen (secondary N) is 1. The van der Waals surface area contributed by atoms with Gasteiger partial charge in [0.2, 0.25) is 0 Å². The highest BCUT2D eigenvalue weighted by Gasteiger charge is 2.20. The van der Waals surface area contributed by atoms with Crippen LogP contribution in [0.5, 0.6) is 0 Å². The summed E-state index contributed by atoms with van der Waals surface area (Å²) >= 11 is 0. The van der Waals surface area contributed by atoms with Gasteiger partial charge in [-0.05, 0) is 47.6 Å². The maximum absolute atomic E-state index is 9.88. The second-order valence-corrected chi connectivity index (χ2v) is 5.06. The molecule has 0 rings (SSSR count). The number of aliphatic hydroxyl groups is 1. The Morgan fingerprint density at radius 1 is 1.21 bits per heavy atom. The molecule has 0 aliphatic rings. The average molecular weight is 203 g/mol. The van der Waals surface area contributed by atoms with Crippen LogP contribution >= 0.6 is 0 Å². The minimum absolute atomic E-state index is 0.113. The highest BCUT2D eigenvalue weighted by molar-refractivity contribution is 4.76. The van der Waals surface area contributed by atoms with E-state index in [1.54, 1.807) is 0 Å². The van der Waals surface area contributed by atoms with Crippen molar-refractivity contribution >= 4 is 0 Å². The lowest BCUT2D eigenvalue weighted by Crippen LogP contribution is -2.41. The fourth-order valence-electron chi connectivity index (χ4n) is 1.10. The molecule has 1 atom stereocenters. The van der Waals surface area contributed by atoms with Gasteiger partial charge in [-0.25, -0.2) is 0 Å². The van der Waals surface area contributed by atoms with Gasteiger partial charge in [0, 0.05) is 12.1 Å². The normalized spacial score (nSPS) is 16.7. The molecule has 0 amide bonds. The molecule has 0 aromatic rings. The summed E-state index contributed by atoms with van der Waals surface area (Å²) in [5, 5.41) is 13.2. The maximum Gasteiger partial charge on any atom is 0.0864 e. The van der Waals surface area contributed by atoms with Gasteiger partial charge in [-0.3, -0.25) is 0 Å². The fraction of sp³-hybridized carbons (Fsp3) is 1.00. The second kappa shape index (κ2) is 5.69. The van der Waals surface area contributed by atoms with Crippen molar-refractivity contribution in [2.75, 3.05) is 19.8 Å². The molecule has 3 heteroatoms. The summed E-state index contributed by atoms with van der Waals surface area (Å²) in [5.41, 5.74) is -0.601. The molecule has 86 valence electrons. The standard InChI is InChI=1S/C11H25NO2/c1-6-14-9-11(5,13)7-8-12-10(2,3)4/h12-13H,6-9H2,1-5H3. The molecule has 0 heterocycles. The third-order valence-electron chi connectivity index (χ3n) is 1.94. The van der Waals surface area contributed by atoms with Crippen molar-refractivity contribution < 1.29 is 9.84 Å². The topological polar surface area (TPSA) is 41.5 Å². The van der Waals surface area contributed by atoms with Crippen molar-refractivity contribution in [1.29, 1.82) is 0 Å². The van der Waals surface area contributed by atoms with Crippen molar-refractivity contribution in [3.63, 3.8) is 0 Å². The molecule has 0 saturated carbocycles. The lowest BCUT2D eigenvalue weighted by atomic mass is 10.0. The summed E-state index contributed by atoms with van der Waals surface area (Å²) in [6, 6.07) is 0. The van der Waals surface area contributed by atoms with E-state index in [9.17, 15) is 5.11 Å². The van der Waals surface area contributed by atoms with E-state index in [0.717, 1.165) is 6.54 Å². The molecule has 0 aliphatic carbocycles. The van der Waals surface area contributed by atoms with E-state index in [-0.39, 0.29) is 5.54 Å². The predicted molar refractivity (Wildman–Crippen MR) is 59.5 cm³/mol. The molecule has 0 radical (unpaired) electrons. The van der Waals surface area contributed by atoms with E-state index >= 15 is 0 Å². The van der Waals surface area contributed by atoms with Crippen LogP contribution < -0.4 is 5.32 Å². The minimum atomic E-state index is -0.714. The van der Waals surface area contributed by atoms with Gasteiger partial charge in [0.1, 0.15) is 0 Å². The second-order valence-electron chi connectivity index (χ2n) is 5.06. The van der Waals surface area contributed by atoms with Crippen molar-refractivity contribution in [2.24, 2.45) is 0 Å². The first-order chi connectivity index (χ1) is 6.27. The van der Waals surface area contributed by atoms with Crippen LogP contribution in [0.15, 0.2) is 0 Å². The van der Waals surface area contributed by atoms with Gasteiger partial charge in [0.25, 0.3) is 0 Å². The van der Waals surface area contributed by atoms with Gasteiger partial charge in [0.05, 0.1) is 12.2 Å². The molecular formula is C11H25NO2. The van der Waals surface area contributed by atoms with E-state index in [4.69, 9.17) is 4.74 Å². The summed E-state index contributed by atoms with van der Waals surface area (Å²) in [6.07, 6.45) is 0.713. The van der Waals surface area contributed by atoms with Crippen molar-refractivity contribution in [3.05, 3.63) is 0 Å². The Morgan fingerprint density at radius 2 is 1.79 bits per heavy atom. The lowest BCUT2D eigenvalue weighted by molar-refractivity contribution is -0.0357. The molecule has 0 spiro atoms. The zero-order valence-corrected chi connectivity index (χ0v) is 10.2. The lowest BCUT2D eigenvalue weighted by Gasteiger charge is -2.26. The molecule has 0 aliphatic heterocycles. The van der Waals surface area contributed by atoms with Crippen LogP contribution in [0, 0.1) is 0 Å². The highest BCUT2D eigenvalue weighted by atomic mass is 16.5. The number of hydrogen-bond acceptors (Lipinski definition) is 3. The van der Waals surface area contributed by atoms with E-state index in [2.05, 4.69) is 26.1 Å². The largest absolute Gasteiger partial charge is 0.388 e. The van der Waals surface area contributed by atoms with E-state index in [1.807, 2.05) is 13.8 Å². The molecule has 1 unspecified atom stereocenters. The summed E-state index contributed by atoms with van der Waals surface area (Å²) < 4.78 is 5.20. The highest BCUT2D eigenvalue weighted by Crippen LogP contribution is 2.10. The first-order valence-electron chi connectivity index (χ1n) is 5.32. The van der Waals surface area contributed by atoms with E-state index in [0.29, 0.717) is 19.6 Å². The molecule has 0 aromatic heterocycles. The Kier molecular flexibility index (Phi) is 5.64. The van der Waals surface area contributed by atoms with Crippen molar-refractivity contribution in [2.45, 2.75) is 52.2 Å². The van der Waals surface area contributed by atoms with E-state index in [1.165, 1.54) is 0 Å². The smallest absolute Gasteiger partial charge is 0.0864 e. The molecule has 3 nitrogen and oxygen atoms in total. The van der Waals surface area contributed by atoms with Crippen LogP contribution in [0.4, 0.5) is 0 Å². The van der Waals surface area contributed by atoms with Crippen LogP contribution in [0.2, 0.25) is 0 Å². The summed E-state index contributed by atoms with van der Waals surface area (Å²) in [7, 11) is 0. The third-order valence-corrected chi connectivity index (χ3v) is 1.94. The summed E-state index contributed by atoms with van der Waals surface area (Å²) in [5.74, 6) is 0. The van der Waals surface area contributed by atoms with Gasteiger partial charge < -0.3 is 15.2 Å². The van der Waals surface area contributed by atoms with Crippen LogP contribution in [0.25, 0.3) is 0 Å². The van der Waals surface area contributed by atoms with Gasteiger partial charge >= 0.3 is 0 Å². The quantitative estimate of drug-likeness (QED) is 0.688. The van der Waals surface area contributed by atoms with Gasteiger partial charge in [-0.1, -0.05) is 0 Å². The Bertz CT molecular complexity index is 150. The van der Waals surface area contributed by atoms with Crippen molar-refractivity contribution in [3.8, 4) is 0 Å².